The van der Waals surface area contributed by atoms with Crippen LogP contribution >= 0.6 is 0 Å². The Balaban J connectivity index is 4.52. The number of nitrogens with zero attached hydrogens (tertiary/aromatic N) is 1. The van der Waals surface area contributed by atoms with Gasteiger partial charge in [0.15, 0.2) is 0 Å². The molecule has 0 spiro atoms. The number of esters is 1. The van der Waals surface area contributed by atoms with E-state index in [1.54, 1.807) is 13.8 Å². The van der Waals surface area contributed by atoms with Gasteiger partial charge in [0.05, 0.1) is 6.61 Å². The van der Waals surface area contributed by atoms with Gasteiger partial charge in [-0.15, -0.1) is 0 Å². The summed E-state index contributed by atoms with van der Waals surface area (Å²) in [5.74, 6) is -2.75. The topological polar surface area (TPSA) is 113 Å². The Morgan fingerprint density at radius 1 is 1.20 bits per heavy atom. The molecule has 0 aromatic rings. The maximum atomic E-state index is 11.7. The van der Waals surface area contributed by atoms with Crippen LogP contribution in [0.1, 0.15) is 20.3 Å². The van der Waals surface area contributed by atoms with Crippen molar-refractivity contribution < 1.29 is 29.0 Å². The number of amides is 3. The third kappa shape index (κ3) is 7.85. The molecule has 0 unspecified atom stereocenters. The van der Waals surface area contributed by atoms with Gasteiger partial charge in [-0.2, -0.15) is 0 Å². The molecule has 112 valence electrons. The zero-order chi connectivity index (χ0) is 15.5. The number of nitrogens with one attached hydrogen (secondary N) is 1. The zero-order valence-corrected chi connectivity index (χ0v) is 11.4. The van der Waals surface area contributed by atoms with E-state index in [1.807, 2.05) is 5.32 Å². The molecule has 0 aliphatic heterocycles. The summed E-state index contributed by atoms with van der Waals surface area (Å²) in [4.78, 5) is 45.6. The number of carbonyl (C=O) groups excluding carboxylic acids is 3. The van der Waals surface area contributed by atoms with Gasteiger partial charge in [0.2, 0.25) is 0 Å². The lowest BCUT2D eigenvalue weighted by atomic mass is 10.4. The zero-order valence-electron chi connectivity index (χ0n) is 11.4. The van der Waals surface area contributed by atoms with Gasteiger partial charge in [-0.3, -0.25) is 14.9 Å². The first-order chi connectivity index (χ1) is 9.40. The predicted octanol–water partition coefficient (Wildman–Crippen LogP) is 0.139. The number of urea groups is 1. The third-order valence-electron chi connectivity index (χ3n) is 2.01. The summed E-state index contributed by atoms with van der Waals surface area (Å²) < 4.78 is 4.72. The molecule has 8 nitrogen and oxygen atoms in total. The molecule has 0 saturated carbocycles. The number of rotatable bonds is 7. The summed E-state index contributed by atoms with van der Waals surface area (Å²) in [7, 11) is 0. The highest BCUT2D eigenvalue weighted by Crippen LogP contribution is 1.95. The van der Waals surface area contributed by atoms with Crippen molar-refractivity contribution in [3.8, 4) is 0 Å². The van der Waals surface area contributed by atoms with Crippen LogP contribution in [-0.4, -0.2) is 53.6 Å². The van der Waals surface area contributed by atoms with E-state index in [0.29, 0.717) is 18.6 Å². The van der Waals surface area contributed by atoms with Crippen LogP contribution in [0.5, 0.6) is 0 Å². The van der Waals surface area contributed by atoms with Crippen molar-refractivity contribution in [2.75, 3.05) is 19.7 Å². The summed E-state index contributed by atoms with van der Waals surface area (Å²) in [5.41, 5.74) is 0. The van der Waals surface area contributed by atoms with E-state index >= 15 is 0 Å². The monoisotopic (exact) mass is 286 g/mol. The molecule has 8 heteroatoms. The van der Waals surface area contributed by atoms with Crippen molar-refractivity contribution in [1.82, 2.24) is 10.2 Å². The molecule has 0 aliphatic rings. The van der Waals surface area contributed by atoms with Crippen LogP contribution in [0.25, 0.3) is 0 Å². The standard InChI is InChI=1S/C12H18N2O6/c1-3-7-14(8-11(18)20-4-2)12(19)13-9(15)5-6-10(16)17/h5-6H,3-4,7-8H2,1-2H3,(H,16,17)(H,13,15,19). The molecule has 0 heterocycles. The quantitative estimate of drug-likeness (QED) is 0.508. The third-order valence-corrected chi connectivity index (χ3v) is 2.01. The fraction of sp³-hybridized carbons (Fsp3) is 0.500. The molecule has 0 aromatic heterocycles. The lowest BCUT2D eigenvalue weighted by Gasteiger charge is -2.20. The van der Waals surface area contributed by atoms with E-state index in [0.717, 1.165) is 4.90 Å². The summed E-state index contributed by atoms with van der Waals surface area (Å²) in [6.07, 6.45) is 1.92. The molecule has 0 saturated heterocycles. The van der Waals surface area contributed by atoms with Crippen molar-refractivity contribution >= 4 is 23.9 Å². The summed E-state index contributed by atoms with van der Waals surface area (Å²) in [6.45, 7) is 3.63. The first kappa shape index (κ1) is 17.6. The van der Waals surface area contributed by atoms with Gasteiger partial charge in [-0.05, 0) is 13.3 Å². The van der Waals surface area contributed by atoms with Crippen LogP contribution in [0.3, 0.4) is 0 Å². The van der Waals surface area contributed by atoms with E-state index in [-0.39, 0.29) is 19.7 Å². The Labute approximate surface area is 116 Å². The van der Waals surface area contributed by atoms with E-state index < -0.39 is 23.9 Å². The fourth-order valence-electron chi connectivity index (χ4n) is 1.26. The maximum Gasteiger partial charge on any atom is 0.328 e. The second-order valence-corrected chi connectivity index (χ2v) is 3.69. The van der Waals surface area contributed by atoms with Crippen LogP contribution < -0.4 is 5.32 Å². The van der Waals surface area contributed by atoms with Crippen molar-refractivity contribution in [2.45, 2.75) is 20.3 Å². The van der Waals surface area contributed by atoms with Crippen LogP contribution in [0.4, 0.5) is 4.79 Å². The van der Waals surface area contributed by atoms with Crippen molar-refractivity contribution in [2.24, 2.45) is 0 Å². The van der Waals surface area contributed by atoms with Crippen LogP contribution in [-0.2, 0) is 19.1 Å². The number of carboxylic acids is 1. The minimum Gasteiger partial charge on any atom is -0.478 e. The van der Waals surface area contributed by atoms with Gasteiger partial charge in [-0.25, -0.2) is 9.59 Å². The molecule has 0 aliphatic carbocycles. The Hall–Kier alpha value is -2.38. The molecular formula is C12H18N2O6. The van der Waals surface area contributed by atoms with E-state index in [1.165, 1.54) is 0 Å². The molecule has 0 radical (unpaired) electrons. The highest BCUT2D eigenvalue weighted by Gasteiger charge is 2.18. The van der Waals surface area contributed by atoms with Crippen molar-refractivity contribution in [1.29, 1.82) is 0 Å². The summed E-state index contributed by atoms with van der Waals surface area (Å²) >= 11 is 0. The average Bonchev–Trinajstić information content (AvgIpc) is 2.36. The molecular weight excluding hydrogens is 268 g/mol. The number of carboxylic acid groups (broad SMARTS) is 1. The number of hydrogen-bond acceptors (Lipinski definition) is 5. The highest BCUT2D eigenvalue weighted by molar-refractivity contribution is 6.03. The van der Waals surface area contributed by atoms with Crippen LogP contribution in [0.15, 0.2) is 12.2 Å². The number of aliphatic carboxylic acids is 1. The largest absolute Gasteiger partial charge is 0.478 e. The Morgan fingerprint density at radius 3 is 2.35 bits per heavy atom. The number of ether oxygens (including phenoxy) is 1. The molecule has 2 N–H and O–H groups in total. The molecule has 0 fully saturated rings. The summed E-state index contributed by atoms with van der Waals surface area (Å²) in [5, 5.41) is 10.3. The van der Waals surface area contributed by atoms with E-state index in [4.69, 9.17) is 9.84 Å². The van der Waals surface area contributed by atoms with Gasteiger partial charge in [0, 0.05) is 18.7 Å². The highest BCUT2D eigenvalue weighted by atomic mass is 16.5. The first-order valence-electron chi connectivity index (χ1n) is 6.07. The van der Waals surface area contributed by atoms with E-state index in [9.17, 15) is 19.2 Å². The molecule has 0 rings (SSSR count). The van der Waals surface area contributed by atoms with Gasteiger partial charge < -0.3 is 14.7 Å². The predicted molar refractivity (Wildman–Crippen MR) is 68.8 cm³/mol. The molecule has 0 bridgehead atoms. The number of imide groups is 1. The second kappa shape index (κ2) is 9.54. The molecule has 3 amide bonds. The van der Waals surface area contributed by atoms with Gasteiger partial charge in [-0.1, -0.05) is 6.92 Å². The molecule has 0 atom stereocenters. The summed E-state index contributed by atoms with van der Waals surface area (Å²) in [6, 6.07) is -0.778. The maximum absolute atomic E-state index is 11.7. The number of hydrogen-bond donors (Lipinski definition) is 2. The Morgan fingerprint density at radius 2 is 1.85 bits per heavy atom. The van der Waals surface area contributed by atoms with Crippen molar-refractivity contribution in [3.63, 3.8) is 0 Å². The van der Waals surface area contributed by atoms with Gasteiger partial charge in [0.25, 0.3) is 5.91 Å². The normalized spacial score (nSPS) is 10.1. The Kier molecular flexibility index (Phi) is 8.40. The number of carbonyl (C=O) groups is 4. The lowest BCUT2D eigenvalue weighted by Crippen LogP contribution is -2.45. The molecule has 0 aromatic carbocycles. The van der Waals surface area contributed by atoms with Crippen molar-refractivity contribution in [3.05, 3.63) is 12.2 Å². The first-order valence-corrected chi connectivity index (χ1v) is 6.07. The van der Waals surface area contributed by atoms with Crippen LogP contribution in [0, 0.1) is 0 Å². The smallest absolute Gasteiger partial charge is 0.328 e. The second-order valence-electron chi connectivity index (χ2n) is 3.69. The minimum absolute atomic E-state index is 0.195. The average molecular weight is 286 g/mol. The fourth-order valence-corrected chi connectivity index (χ4v) is 1.26. The lowest BCUT2D eigenvalue weighted by molar-refractivity contribution is -0.143. The SMILES string of the molecule is CCCN(CC(=O)OCC)C(=O)NC(=O)C=CC(=O)O. The minimum atomic E-state index is -1.30. The van der Waals surface area contributed by atoms with Gasteiger partial charge >= 0.3 is 18.0 Å². The Bertz CT molecular complexity index is 405. The van der Waals surface area contributed by atoms with Crippen LogP contribution in [0.2, 0.25) is 0 Å². The molecule has 20 heavy (non-hydrogen) atoms. The van der Waals surface area contributed by atoms with Gasteiger partial charge in [0.1, 0.15) is 6.54 Å². The van der Waals surface area contributed by atoms with E-state index in [2.05, 4.69) is 0 Å².